The van der Waals surface area contributed by atoms with Gasteiger partial charge in [-0.2, -0.15) is 0 Å². The van der Waals surface area contributed by atoms with Crippen LogP contribution in [0.15, 0.2) is 24.3 Å². The van der Waals surface area contributed by atoms with Gasteiger partial charge in [0.2, 0.25) is 0 Å². The van der Waals surface area contributed by atoms with Crippen LogP contribution < -0.4 is 15.8 Å². The topological polar surface area (TPSA) is 64.3 Å². The monoisotopic (exact) mass is 306 g/mol. The lowest BCUT2D eigenvalue weighted by Crippen LogP contribution is -2.37. The standard InChI is InChI=1S/C16H22N2O2S/c17-16(21)13-9-5-6-10-14(13)20-11-15(19)18-12-7-3-1-2-4-8-12/h5-6,9-10,12H,1-4,7-8,11H2,(H2,17,21)(H,18,19). The van der Waals surface area contributed by atoms with E-state index >= 15 is 0 Å². The van der Waals surface area contributed by atoms with Crippen LogP contribution in [0.5, 0.6) is 5.75 Å². The summed E-state index contributed by atoms with van der Waals surface area (Å²) < 4.78 is 5.55. The van der Waals surface area contributed by atoms with E-state index in [-0.39, 0.29) is 23.5 Å². The molecule has 2 rings (SSSR count). The van der Waals surface area contributed by atoms with Crippen LogP contribution in [-0.4, -0.2) is 23.5 Å². The van der Waals surface area contributed by atoms with Crippen LogP contribution in [0, 0.1) is 0 Å². The Hall–Kier alpha value is -1.62. The van der Waals surface area contributed by atoms with E-state index in [2.05, 4.69) is 5.32 Å². The van der Waals surface area contributed by atoms with Gasteiger partial charge in [-0.15, -0.1) is 0 Å². The second-order valence-corrected chi connectivity index (χ2v) is 5.84. The van der Waals surface area contributed by atoms with Crippen LogP contribution in [0.1, 0.15) is 44.1 Å². The Labute approximate surface area is 131 Å². The summed E-state index contributed by atoms with van der Waals surface area (Å²) in [5, 5.41) is 3.05. The van der Waals surface area contributed by atoms with E-state index < -0.39 is 0 Å². The molecular formula is C16H22N2O2S. The third kappa shape index (κ3) is 5.01. The van der Waals surface area contributed by atoms with Crippen molar-refractivity contribution >= 4 is 23.1 Å². The van der Waals surface area contributed by atoms with Gasteiger partial charge in [0.1, 0.15) is 10.7 Å². The number of hydrogen-bond acceptors (Lipinski definition) is 3. The Morgan fingerprint density at radius 1 is 1.24 bits per heavy atom. The Bertz CT molecular complexity index is 497. The van der Waals surface area contributed by atoms with Crippen LogP contribution in [0.3, 0.4) is 0 Å². The number of thiocarbonyl (C=S) groups is 1. The summed E-state index contributed by atoms with van der Waals surface area (Å²) in [5.41, 5.74) is 6.30. The minimum absolute atomic E-state index is 0.00384. The molecular weight excluding hydrogens is 284 g/mol. The zero-order valence-corrected chi connectivity index (χ0v) is 13.0. The molecule has 1 aliphatic carbocycles. The largest absolute Gasteiger partial charge is 0.483 e. The van der Waals surface area contributed by atoms with E-state index in [0.717, 1.165) is 12.8 Å². The van der Waals surface area contributed by atoms with E-state index in [0.29, 0.717) is 11.3 Å². The summed E-state index contributed by atoms with van der Waals surface area (Å²) in [5.74, 6) is 0.473. The fraction of sp³-hybridized carbons (Fsp3) is 0.500. The van der Waals surface area contributed by atoms with Crippen molar-refractivity contribution in [1.29, 1.82) is 0 Å². The number of rotatable bonds is 5. The van der Waals surface area contributed by atoms with Crippen LogP contribution in [-0.2, 0) is 4.79 Å². The molecule has 1 saturated carbocycles. The lowest BCUT2D eigenvalue weighted by molar-refractivity contribution is -0.123. The predicted molar refractivity (Wildman–Crippen MR) is 87.5 cm³/mol. The third-order valence-electron chi connectivity index (χ3n) is 3.73. The molecule has 0 aliphatic heterocycles. The van der Waals surface area contributed by atoms with Crippen LogP contribution in [0.2, 0.25) is 0 Å². The second kappa shape index (κ2) is 7.98. The summed E-state index contributed by atoms with van der Waals surface area (Å²) >= 11 is 4.97. The summed E-state index contributed by atoms with van der Waals surface area (Å²) in [7, 11) is 0. The number of nitrogens with one attached hydrogen (secondary N) is 1. The number of benzene rings is 1. The van der Waals surface area contributed by atoms with Crippen LogP contribution >= 0.6 is 12.2 Å². The van der Waals surface area contributed by atoms with Gasteiger partial charge in [-0.05, 0) is 25.0 Å². The first-order valence-corrected chi connectivity index (χ1v) is 7.88. The Kier molecular flexibility index (Phi) is 5.99. The first-order chi connectivity index (χ1) is 10.2. The summed E-state index contributed by atoms with van der Waals surface area (Å²) in [4.78, 5) is 12.3. The quantitative estimate of drug-likeness (QED) is 0.648. The van der Waals surface area contributed by atoms with Crippen LogP contribution in [0.4, 0.5) is 0 Å². The van der Waals surface area contributed by atoms with Crippen molar-refractivity contribution in [3.63, 3.8) is 0 Å². The number of para-hydroxylation sites is 1. The average molecular weight is 306 g/mol. The van der Waals surface area contributed by atoms with E-state index in [1.54, 1.807) is 12.1 Å². The van der Waals surface area contributed by atoms with Crippen molar-refractivity contribution in [2.75, 3.05) is 6.61 Å². The minimum Gasteiger partial charge on any atom is -0.483 e. The van der Waals surface area contributed by atoms with Crippen molar-refractivity contribution in [2.24, 2.45) is 5.73 Å². The molecule has 0 heterocycles. The van der Waals surface area contributed by atoms with Gasteiger partial charge in [0.15, 0.2) is 6.61 Å². The lowest BCUT2D eigenvalue weighted by atomic mass is 10.1. The molecule has 114 valence electrons. The highest BCUT2D eigenvalue weighted by Gasteiger charge is 2.15. The first-order valence-electron chi connectivity index (χ1n) is 7.48. The lowest BCUT2D eigenvalue weighted by Gasteiger charge is -2.17. The molecule has 1 fully saturated rings. The summed E-state index contributed by atoms with van der Waals surface area (Å²) in [6.07, 6.45) is 7.05. The maximum Gasteiger partial charge on any atom is 0.258 e. The highest BCUT2D eigenvalue weighted by molar-refractivity contribution is 7.80. The fourth-order valence-electron chi connectivity index (χ4n) is 2.63. The Morgan fingerprint density at radius 2 is 1.90 bits per heavy atom. The van der Waals surface area contributed by atoms with E-state index in [1.165, 1.54) is 25.7 Å². The van der Waals surface area contributed by atoms with E-state index in [4.69, 9.17) is 22.7 Å². The van der Waals surface area contributed by atoms with Crippen LogP contribution in [0.25, 0.3) is 0 Å². The summed E-state index contributed by atoms with van der Waals surface area (Å²) in [6.45, 7) is -0.00384. The number of hydrogen-bond donors (Lipinski definition) is 2. The average Bonchev–Trinajstić information content (AvgIpc) is 2.74. The van der Waals surface area contributed by atoms with Gasteiger partial charge in [0.05, 0.1) is 5.56 Å². The third-order valence-corrected chi connectivity index (χ3v) is 3.95. The molecule has 0 unspecified atom stereocenters. The Balaban J connectivity index is 1.85. The maximum atomic E-state index is 12.0. The second-order valence-electron chi connectivity index (χ2n) is 5.41. The maximum absolute atomic E-state index is 12.0. The van der Waals surface area contributed by atoms with Crippen molar-refractivity contribution < 1.29 is 9.53 Å². The van der Waals surface area contributed by atoms with Gasteiger partial charge < -0.3 is 15.8 Å². The molecule has 0 saturated heterocycles. The van der Waals surface area contributed by atoms with Gasteiger partial charge in [0.25, 0.3) is 5.91 Å². The normalized spacial score (nSPS) is 16.0. The molecule has 0 spiro atoms. The van der Waals surface area contributed by atoms with Gasteiger partial charge in [0, 0.05) is 6.04 Å². The van der Waals surface area contributed by atoms with E-state index in [9.17, 15) is 4.79 Å². The zero-order chi connectivity index (χ0) is 15.1. The van der Waals surface area contributed by atoms with Gasteiger partial charge >= 0.3 is 0 Å². The molecule has 5 heteroatoms. The van der Waals surface area contributed by atoms with E-state index in [1.807, 2.05) is 12.1 Å². The Morgan fingerprint density at radius 3 is 2.57 bits per heavy atom. The van der Waals surface area contributed by atoms with Crippen molar-refractivity contribution in [1.82, 2.24) is 5.32 Å². The predicted octanol–water partition coefficient (Wildman–Crippen LogP) is 2.54. The van der Waals surface area contributed by atoms with Crippen molar-refractivity contribution in [3.05, 3.63) is 29.8 Å². The van der Waals surface area contributed by atoms with Crippen molar-refractivity contribution in [3.8, 4) is 5.75 Å². The highest BCUT2D eigenvalue weighted by Crippen LogP contribution is 2.18. The molecule has 4 nitrogen and oxygen atoms in total. The molecule has 0 radical (unpaired) electrons. The molecule has 0 bridgehead atoms. The number of nitrogens with two attached hydrogens (primary N) is 1. The molecule has 0 aromatic heterocycles. The van der Waals surface area contributed by atoms with Gasteiger partial charge in [-0.25, -0.2) is 0 Å². The fourth-order valence-corrected chi connectivity index (χ4v) is 2.80. The minimum atomic E-state index is -0.0837. The molecule has 1 aromatic carbocycles. The van der Waals surface area contributed by atoms with Gasteiger partial charge in [-0.1, -0.05) is 50.0 Å². The number of ether oxygens (including phenoxy) is 1. The molecule has 3 N–H and O–H groups in total. The molecule has 1 aliphatic rings. The smallest absolute Gasteiger partial charge is 0.258 e. The van der Waals surface area contributed by atoms with Crippen molar-refractivity contribution in [2.45, 2.75) is 44.6 Å². The number of carbonyl (C=O) groups excluding carboxylic acids is 1. The molecule has 21 heavy (non-hydrogen) atoms. The SMILES string of the molecule is NC(=S)c1ccccc1OCC(=O)NC1CCCCCC1. The number of amides is 1. The van der Waals surface area contributed by atoms with Gasteiger partial charge in [-0.3, -0.25) is 4.79 Å². The summed E-state index contributed by atoms with van der Waals surface area (Å²) in [6, 6.07) is 7.52. The molecule has 1 aromatic rings. The molecule has 1 amide bonds. The highest BCUT2D eigenvalue weighted by atomic mass is 32.1. The number of carbonyl (C=O) groups is 1. The zero-order valence-electron chi connectivity index (χ0n) is 12.1. The molecule has 0 atom stereocenters. The first kappa shape index (κ1) is 15.8.